The Morgan fingerprint density at radius 3 is 2.45 bits per heavy atom. The zero-order valence-electron chi connectivity index (χ0n) is 16.4. The van der Waals surface area contributed by atoms with Gasteiger partial charge in [0.1, 0.15) is 11.5 Å². The van der Waals surface area contributed by atoms with E-state index in [0.717, 1.165) is 34.1 Å². The Balaban J connectivity index is 1.69. The molecule has 0 amide bonds. The number of fused-ring (bicyclic) bond motifs is 4. The molecule has 6 rings (SSSR count). The van der Waals surface area contributed by atoms with Crippen LogP contribution in [0.5, 0.6) is 11.5 Å². The summed E-state index contributed by atoms with van der Waals surface area (Å²) in [6, 6.07) is 32.4. The van der Waals surface area contributed by atoms with Crippen LogP contribution < -0.4 is 26.0 Å². The molecule has 3 heteroatoms. The maximum Gasteiger partial charge on any atom is 0.257 e. The predicted octanol–water partition coefficient (Wildman–Crippen LogP) is 4.31. The summed E-state index contributed by atoms with van der Waals surface area (Å²) >= 11 is 0. The van der Waals surface area contributed by atoms with Gasteiger partial charge in [0.15, 0.2) is 0 Å². The van der Waals surface area contributed by atoms with Gasteiger partial charge in [-0.1, -0.05) is 54.1 Å². The van der Waals surface area contributed by atoms with E-state index in [1.165, 1.54) is 22.0 Å². The Hall–Kier alpha value is -3.64. The SMILES string of the molecule is Cc1c#cc2c(c1)B1c3ccccc3Oc3cccc(c31)N2c1ccc(C)cc1. The second-order valence-corrected chi connectivity index (χ2v) is 7.81. The number of aryl methyl sites for hydroxylation is 2. The van der Waals surface area contributed by atoms with Crippen LogP contribution in [0.4, 0.5) is 17.1 Å². The predicted molar refractivity (Wildman–Crippen MR) is 119 cm³/mol. The van der Waals surface area contributed by atoms with E-state index in [2.05, 4.69) is 97.6 Å². The molecule has 136 valence electrons. The van der Waals surface area contributed by atoms with Crippen molar-refractivity contribution in [1.82, 2.24) is 0 Å². The number of rotatable bonds is 1. The molecule has 2 nitrogen and oxygen atoms in total. The van der Waals surface area contributed by atoms with Crippen molar-refractivity contribution in [3.05, 3.63) is 96.1 Å². The Labute approximate surface area is 171 Å². The molecule has 2 aliphatic rings. The molecule has 0 spiro atoms. The van der Waals surface area contributed by atoms with Crippen molar-refractivity contribution in [2.24, 2.45) is 0 Å². The van der Waals surface area contributed by atoms with E-state index in [0.29, 0.717) is 0 Å². The molecular weight excluding hydrogens is 353 g/mol. The zero-order chi connectivity index (χ0) is 19.5. The first-order valence-electron chi connectivity index (χ1n) is 9.92. The van der Waals surface area contributed by atoms with Crippen LogP contribution in [0, 0.1) is 26.0 Å². The minimum atomic E-state index is 0.132. The van der Waals surface area contributed by atoms with Crippen LogP contribution in [0.2, 0.25) is 0 Å². The second-order valence-electron chi connectivity index (χ2n) is 7.81. The van der Waals surface area contributed by atoms with E-state index in [4.69, 9.17) is 4.74 Å². The fourth-order valence-corrected chi connectivity index (χ4v) is 4.57. The van der Waals surface area contributed by atoms with Crippen molar-refractivity contribution in [1.29, 1.82) is 0 Å². The molecule has 0 fully saturated rings. The molecule has 4 aromatic carbocycles. The fraction of sp³-hybridized carbons (Fsp3) is 0.0769. The van der Waals surface area contributed by atoms with Crippen molar-refractivity contribution in [3.8, 4) is 11.5 Å². The minimum Gasteiger partial charge on any atom is -0.458 e. The van der Waals surface area contributed by atoms with Crippen LogP contribution in [0.25, 0.3) is 0 Å². The summed E-state index contributed by atoms with van der Waals surface area (Å²) in [6.45, 7) is 4.33. The number of para-hydroxylation sites is 1. The van der Waals surface area contributed by atoms with Gasteiger partial charge in [0.25, 0.3) is 6.71 Å². The van der Waals surface area contributed by atoms with Crippen LogP contribution in [0.1, 0.15) is 11.1 Å². The lowest BCUT2D eigenvalue weighted by atomic mass is 9.34. The van der Waals surface area contributed by atoms with Crippen molar-refractivity contribution < 1.29 is 4.74 Å². The normalized spacial score (nSPS) is 13.0. The monoisotopic (exact) mass is 371 g/mol. The quantitative estimate of drug-likeness (QED) is 0.400. The zero-order valence-corrected chi connectivity index (χ0v) is 16.4. The largest absolute Gasteiger partial charge is 0.458 e. The van der Waals surface area contributed by atoms with Gasteiger partial charge in [0.2, 0.25) is 0 Å². The third kappa shape index (κ3) is 2.33. The van der Waals surface area contributed by atoms with Gasteiger partial charge < -0.3 is 9.64 Å². The highest BCUT2D eigenvalue weighted by Crippen LogP contribution is 2.39. The first-order valence-corrected chi connectivity index (χ1v) is 9.92. The van der Waals surface area contributed by atoms with Crippen LogP contribution >= 0.6 is 0 Å². The average Bonchev–Trinajstić information content (AvgIpc) is 2.74. The van der Waals surface area contributed by atoms with Crippen molar-refractivity contribution >= 4 is 40.2 Å². The molecular formula is C26H18BNO. The summed E-state index contributed by atoms with van der Waals surface area (Å²) in [4.78, 5) is 2.29. The summed E-state index contributed by atoms with van der Waals surface area (Å²) in [5.41, 5.74) is 9.34. The molecule has 0 N–H and O–H groups in total. The van der Waals surface area contributed by atoms with Gasteiger partial charge in [-0.15, -0.1) is 0 Å². The minimum absolute atomic E-state index is 0.132. The topological polar surface area (TPSA) is 12.5 Å². The number of benzene rings is 3. The molecule has 0 bridgehead atoms. The molecule has 2 heterocycles. The number of hydrogen-bond acceptors (Lipinski definition) is 2. The van der Waals surface area contributed by atoms with Crippen molar-refractivity contribution in [3.63, 3.8) is 0 Å². The van der Waals surface area contributed by atoms with E-state index < -0.39 is 0 Å². The average molecular weight is 371 g/mol. The van der Waals surface area contributed by atoms with Gasteiger partial charge in [-0.3, -0.25) is 0 Å². The molecule has 2 aliphatic heterocycles. The Morgan fingerprint density at radius 1 is 0.793 bits per heavy atom. The Bertz CT molecular complexity index is 1260. The number of nitrogens with zero attached hydrogens (tertiary/aromatic N) is 1. The van der Waals surface area contributed by atoms with Crippen molar-refractivity contribution in [2.75, 3.05) is 4.90 Å². The van der Waals surface area contributed by atoms with Crippen LogP contribution in [-0.2, 0) is 0 Å². The van der Waals surface area contributed by atoms with E-state index in [-0.39, 0.29) is 6.71 Å². The highest BCUT2D eigenvalue weighted by atomic mass is 16.5. The summed E-state index contributed by atoms with van der Waals surface area (Å²) in [6.07, 6.45) is 0. The van der Waals surface area contributed by atoms with Crippen LogP contribution in [0.3, 0.4) is 0 Å². The van der Waals surface area contributed by atoms with Gasteiger partial charge in [0, 0.05) is 11.4 Å². The lowest BCUT2D eigenvalue weighted by Gasteiger charge is -2.39. The van der Waals surface area contributed by atoms with Crippen molar-refractivity contribution in [2.45, 2.75) is 13.8 Å². The van der Waals surface area contributed by atoms with Crippen LogP contribution in [0.15, 0.2) is 72.8 Å². The molecule has 0 saturated carbocycles. The van der Waals surface area contributed by atoms with E-state index in [9.17, 15) is 0 Å². The second kappa shape index (κ2) is 5.93. The van der Waals surface area contributed by atoms with E-state index >= 15 is 0 Å². The lowest BCUT2D eigenvalue weighted by Crippen LogP contribution is -2.59. The highest BCUT2D eigenvalue weighted by molar-refractivity contribution is 6.99. The Kier molecular flexibility index (Phi) is 3.34. The van der Waals surface area contributed by atoms with E-state index in [1.54, 1.807) is 0 Å². The molecule has 4 aromatic rings. The first-order chi connectivity index (χ1) is 14.2. The van der Waals surface area contributed by atoms with Gasteiger partial charge >= 0.3 is 0 Å². The summed E-state index contributed by atoms with van der Waals surface area (Å²) in [7, 11) is 0. The molecule has 0 aliphatic carbocycles. The summed E-state index contributed by atoms with van der Waals surface area (Å²) in [5, 5.41) is 0. The third-order valence-corrected chi connectivity index (χ3v) is 5.87. The standard InChI is InChI=1S/C26H18BNO/c1-17-10-13-19(14-11-17)28-22-15-12-18(2)16-21(22)27-20-6-3-4-8-24(20)29-25-9-5-7-23(28)26(25)27/h3-11,13-14,16H,1-2H3. The van der Waals surface area contributed by atoms with E-state index in [1.807, 2.05) is 6.07 Å². The molecule has 29 heavy (non-hydrogen) atoms. The lowest BCUT2D eigenvalue weighted by molar-refractivity contribution is 0.487. The molecule has 0 atom stereocenters. The molecule has 0 saturated heterocycles. The maximum absolute atomic E-state index is 6.33. The van der Waals surface area contributed by atoms with Gasteiger partial charge in [-0.2, -0.15) is 0 Å². The third-order valence-electron chi connectivity index (χ3n) is 5.87. The number of ether oxygens (including phenoxy) is 1. The molecule has 0 radical (unpaired) electrons. The van der Waals surface area contributed by atoms with Gasteiger partial charge in [0.05, 0.1) is 5.69 Å². The molecule has 0 unspecified atom stereocenters. The smallest absolute Gasteiger partial charge is 0.257 e. The summed E-state index contributed by atoms with van der Waals surface area (Å²) < 4.78 is 6.33. The number of anilines is 3. The van der Waals surface area contributed by atoms with Gasteiger partial charge in [-0.05, 0) is 72.2 Å². The summed E-state index contributed by atoms with van der Waals surface area (Å²) in [5.74, 6) is 1.86. The van der Waals surface area contributed by atoms with Crippen LogP contribution in [-0.4, -0.2) is 6.71 Å². The molecule has 0 aromatic heterocycles. The number of hydrogen-bond donors (Lipinski definition) is 0. The first kappa shape index (κ1) is 16.3. The van der Waals surface area contributed by atoms with Gasteiger partial charge in [-0.25, -0.2) is 0 Å². The highest BCUT2D eigenvalue weighted by Gasteiger charge is 2.41. The fourth-order valence-electron chi connectivity index (χ4n) is 4.57. The maximum atomic E-state index is 6.33. The Morgan fingerprint density at radius 2 is 1.59 bits per heavy atom.